The van der Waals surface area contributed by atoms with Crippen LogP contribution in [0.25, 0.3) is 22.0 Å². The number of hydrogen-bond acceptors (Lipinski definition) is 4. The monoisotopic (exact) mass is 361 g/mol. The highest BCUT2D eigenvalue weighted by atomic mass is 16.2. The lowest BCUT2D eigenvalue weighted by atomic mass is 10.1. The Bertz CT molecular complexity index is 1030. The summed E-state index contributed by atoms with van der Waals surface area (Å²) in [6, 6.07) is 8.21. The van der Waals surface area contributed by atoms with Crippen LogP contribution in [0.3, 0.4) is 0 Å². The number of nitrogens with one attached hydrogen (secondary N) is 1. The van der Waals surface area contributed by atoms with Crippen molar-refractivity contribution in [3.63, 3.8) is 0 Å². The van der Waals surface area contributed by atoms with E-state index in [0.29, 0.717) is 12.4 Å². The van der Waals surface area contributed by atoms with E-state index in [0.717, 1.165) is 52.8 Å². The Hall–Kier alpha value is -2.73. The largest absolute Gasteiger partial charge is 0.331 e. The van der Waals surface area contributed by atoms with E-state index in [2.05, 4.69) is 43.0 Å². The maximum Gasteiger partial charge on any atom is 0.239 e. The van der Waals surface area contributed by atoms with Gasteiger partial charge in [0, 0.05) is 37.3 Å². The van der Waals surface area contributed by atoms with Gasteiger partial charge in [-0.15, -0.1) is 0 Å². The van der Waals surface area contributed by atoms with Gasteiger partial charge in [0.1, 0.15) is 11.6 Å². The zero-order valence-corrected chi connectivity index (χ0v) is 15.6. The molecule has 1 saturated heterocycles. The van der Waals surface area contributed by atoms with Gasteiger partial charge < -0.3 is 9.88 Å². The number of fused-ring (bicyclic) bond motifs is 2. The summed E-state index contributed by atoms with van der Waals surface area (Å²) in [7, 11) is 2.02. The topological polar surface area (TPSA) is 63.1 Å². The molecule has 2 aliphatic rings. The third-order valence-corrected chi connectivity index (χ3v) is 5.93. The minimum Gasteiger partial charge on any atom is -0.331 e. The second-order valence-electron chi connectivity index (χ2n) is 7.88. The molecule has 1 aromatic carbocycles. The molecule has 2 unspecified atom stereocenters. The number of likely N-dealkylation sites (tertiary alicyclic amines) is 1. The van der Waals surface area contributed by atoms with Crippen LogP contribution in [-0.4, -0.2) is 45.0 Å². The van der Waals surface area contributed by atoms with E-state index in [1.165, 1.54) is 6.42 Å². The van der Waals surface area contributed by atoms with Crippen molar-refractivity contribution in [1.29, 1.82) is 0 Å². The molecule has 1 N–H and O–H groups in total. The van der Waals surface area contributed by atoms with Gasteiger partial charge in [0.25, 0.3) is 0 Å². The Balaban J connectivity index is 1.35. The molecule has 2 aromatic heterocycles. The van der Waals surface area contributed by atoms with E-state index in [1.54, 1.807) is 0 Å². The van der Waals surface area contributed by atoms with Gasteiger partial charge in [0.15, 0.2) is 0 Å². The second kappa shape index (κ2) is 6.16. The summed E-state index contributed by atoms with van der Waals surface area (Å²) in [5, 5.41) is 5.06. The van der Waals surface area contributed by atoms with E-state index in [1.807, 2.05) is 32.4 Å². The number of anilines is 1. The highest BCUT2D eigenvalue weighted by Crippen LogP contribution is 2.44. The maximum absolute atomic E-state index is 12.4. The molecule has 1 aliphatic carbocycles. The summed E-state index contributed by atoms with van der Waals surface area (Å²) < 4.78 is 2.08. The number of hydrogen-bond donors (Lipinski definition) is 1. The van der Waals surface area contributed by atoms with Crippen LogP contribution in [-0.2, 0) is 11.8 Å². The molecule has 1 saturated carbocycles. The number of imidazole rings is 1. The van der Waals surface area contributed by atoms with Gasteiger partial charge in [-0.3, -0.25) is 9.69 Å². The number of pyridine rings is 1. The minimum absolute atomic E-state index is 0.0153. The van der Waals surface area contributed by atoms with Crippen LogP contribution in [0.1, 0.15) is 12.2 Å². The molecule has 3 heterocycles. The van der Waals surface area contributed by atoms with Crippen molar-refractivity contribution < 1.29 is 4.79 Å². The lowest BCUT2D eigenvalue weighted by Gasteiger charge is -2.16. The van der Waals surface area contributed by atoms with E-state index >= 15 is 0 Å². The van der Waals surface area contributed by atoms with Crippen molar-refractivity contribution in [3.05, 3.63) is 42.5 Å². The molecule has 6 nitrogen and oxygen atoms in total. The normalized spacial score (nSPS) is 21.4. The fourth-order valence-electron chi connectivity index (χ4n) is 4.15. The standard InChI is InChI=1S/C21H23N5O/c1-13-22-9-19(25(13)2)14-3-4-15-8-23-20(7-16(15)5-14)24-21(27)12-26-10-17-6-18(17)11-26/h3-5,7-9,17-18H,6,10-12H2,1-2H3,(H,23,24,27). The molecule has 0 radical (unpaired) electrons. The number of rotatable bonds is 4. The SMILES string of the molecule is Cc1ncc(-c2ccc3cnc(NC(=O)CN4CC5CC5C4)cc3c2)n1C. The molecule has 1 amide bonds. The third-order valence-electron chi connectivity index (χ3n) is 5.93. The minimum atomic E-state index is 0.0153. The zero-order chi connectivity index (χ0) is 18.5. The van der Waals surface area contributed by atoms with Crippen molar-refractivity contribution in [3.8, 4) is 11.3 Å². The molecule has 5 rings (SSSR count). The van der Waals surface area contributed by atoms with E-state index in [4.69, 9.17) is 0 Å². The molecule has 3 aromatic rings. The number of aryl methyl sites for hydroxylation is 1. The molecule has 2 atom stereocenters. The van der Waals surface area contributed by atoms with E-state index in [-0.39, 0.29) is 5.91 Å². The van der Waals surface area contributed by atoms with Gasteiger partial charge >= 0.3 is 0 Å². The first kappa shape index (κ1) is 16.4. The Labute approximate surface area is 158 Å². The summed E-state index contributed by atoms with van der Waals surface area (Å²) in [5.41, 5.74) is 2.18. The lowest BCUT2D eigenvalue weighted by Crippen LogP contribution is -2.32. The summed E-state index contributed by atoms with van der Waals surface area (Å²) in [4.78, 5) is 23.4. The predicted molar refractivity (Wildman–Crippen MR) is 105 cm³/mol. The fourth-order valence-corrected chi connectivity index (χ4v) is 4.15. The van der Waals surface area contributed by atoms with Gasteiger partial charge in [-0.1, -0.05) is 12.1 Å². The van der Waals surface area contributed by atoms with Gasteiger partial charge in [0.2, 0.25) is 5.91 Å². The van der Waals surface area contributed by atoms with Crippen molar-refractivity contribution in [2.45, 2.75) is 13.3 Å². The zero-order valence-electron chi connectivity index (χ0n) is 15.6. The smallest absolute Gasteiger partial charge is 0.239 e. The highest BCUT2D eigenvalue weighted by Gasteiger charge is 2.45. The summed E-state index contributed by atoms with van der Waals surface area (Å²) in [6.07, 6.45) is 5.05. The first-order chi connectivity index (χ1) is 13.1. The average Bonchev–Trinajstić information content (AvgIpc) is 3.12. The molecule has 6 heteroatoms. The van der Waals surface area contributed by atoms with Crippen molar-refractivity contribution in [2.24, 2.45) is 18.9 Å². The average molecular weight is 361 g/mol. The van der Waals surface area contributed by atoms with Crippen molar-refractivity contribution in [1.82, 2.24) is 19.4 Å². The summed E-state index contributed by atoms with van der Waals surface area (Å²) in [5.74, 6) is 3.28. The van der Waals surface area contributed by atoms with E-state index in [9.17, 15) is 4.79 Å². The second-order valence-corrected chi connectivity index (χ2v) is 7.88. The van der Waals surface area contributed by atoms with Crippen molar-refractivity contribution >= 4 is 22.5 Å². The molecule has 138 valence electrons. The Morgan fingerprint density at radius 1 is 1.15 bits per heavy atom. The first-order valence-electron chi connectivity index (χ1n) is 9.47. The van der Waals surface area contributed by atoms with Crippen LogP contribution in [0.15, 0.2) is 36.7 Å². The van der Waals surface area contributed by atoms with Crippen LogP contribution < -0.4 is 5.32 Å². The van der Waals surface area contributed by atoms with Crippen LogP contribution in [0, 0.1) is 18.8 Å². The van der Waals surface area contributed by atoms with Gasteiger partial charge in [-0.2, -0.15) is 0 Å². The fraction of sp³-hybridized carbons (Fsp3) is 0.381. The van der Waals surface area contributed by atoms with E-state index < -0.39 is 0 Å². The van der Waals surface area contributed by atoms with Crippen LogP contribution >= 0.6 is 0 Å². The number of carbonyl (C=O) groups excluding carboxylic acids is 1. The molecule has 0 spiro atoms. The third kappa shape index (κ3) is 3.10. The van der Waals surface area contributed by atoms with Crippen LogP contribution in [0.5, 0.6) is 0 Å². The van der Waals surface area contributed by atoms with Gasteiger partial charge in [0.05, 0.1) is 18.4 Å². The van der Waals surface area contributed by atoms with Gasteiger partial charge in [-0.25, -0.2) is 9.97 Å². The first-order valence-corrected chi connectivity index (χ1v) is 9.47. The molecule has 1 aliphatic heterocycles. The Morgan fingerprint density at radius 2 is 1.96 bits per heavy atom. The van der Waals surface area contributed by atoms with Crippen molar-refractivity contribution in [2.75, 3.05) is 25.0 Å². The van der Waals surface area contributed by atoms with Crippen LogP contribution in [0.4, 0.5) is 5.82 Å². The maximum atomic E-state index is 12.4. The molecular weight excluding hydrogens is 338 g/mol. The summed E-state index contributed by atoms with van der Waals surface area (Å²) >= 11 is 0. The molecule has 0 bridgehead atoms. The Kier molecular flexibility index (Phi) is 3.75. The van der Waals surface area contributed by atoms with Crippen LogP contribution in [0.2, 0.25) is 0 Å². The number of carbonyl (C=O) groups is 1. The predicted octanol–water partition coefficient (Wildman–Crippen LogP) is 2.83. The Morgan fingerprint density at radius 3 is 2.70 bits per heavy atom. The summed E-state index contributed by atoms with van der Waals surface area (Å²) in [6.45, 7) is 4.58. The number of aromatic nitrogens is 3. The number of piperidine rings is 1. The quantitative estimate of drug-likeness (QED) is 0.776. The number of nitrogens with zero attached hydrogens (tertiary/aromatic N) is 4. The number of amides is 1. The van der Waals surface area contributed by atoms with Gasteiger partial charge in [-0.05, 0) is 42.7 Å². The highest BCUT2D eigenvalue weighted by molar-refractivity contribution is 5.94. The molecule has 2 fully saturated rings. The lowest BCUT2D eigenvalue weighted by molar-refractivity contribution is -0.117. The molecule has 27 heavy (non-hydrogen) atoms. The number of benzene rings is 1. The molecular formula is C21H23N5O.